The number of hydrogen-bond acceptors (Lipinski definition) is 4. The van der Waals surface area contributed by atoms with Gasteiger partial charge in [-0.25, -0.2) is 4.98 Å². The van der Waals surface area contributed by atoms with E-state index in [0.717, 1.165) is 23.5 Å². The molecule has 1 aliphatic heterocycles. The molecule has 1 fully saturated rings. The first-order chi connectivity index (χ1) is 12.4. The second kappa shape index (κ2) is 8.67. The average molecular weight is 415 g/mol. The number of halogens is 2. The molecular weight excluding hydrogens is 393 g/mol. The summed E-state index contributed by atoms with van der Waals surface area (Å²) in [7, 11) is 0. The van der Waals surface area contributed by atoms with Gasteiger partial charge in [0.1, 0.15) is 25.3 Å². The number of quaternary nitrogens is 1. The van der Waals surface area contributed by atoms with E-state index in [1.165, 1.54) is 16.2 Å². The average Bonchev–Trinajstić information content (AvgIpc) is 2.96. The Labute approximate surface area is 167 Å². The number of amides is 1. The molecule has 1 aromatic carbocycles. The van der Waals surface area contributed by atoms with Crippen LogP contribution >= 0.6 is 34.5 Å². The number of morpholine rings is 1. The lowest BCUT2D eigenvalue weighted by Gasteiger charge is -2.31. The van der Waals surface area contributed by atoms with Crippen molar-refractivity contribution in [2.75, 3.05) is 25.0 Å². The Hall–Kier alpha value is -1.18. The first-order valence-electron chi connectivity index (χ1n) is 8.56. The number of nitrogens with one attached hydrogen (secondary N) is 2. The van der Waals surface area contributed by atoms with E-state index in [-0.39, 0.29) is 18.1 Å². The van der Waals surface area contributed by atoms with Crippen LogP contribution in [-0.4, -0.2) is 42.7 Å². The molecule has 1 aliphatic rings. The molecule has 0 unspecified atom stereocenters. The van der Waals surface area contributed by atoms with E-state index in [9.17, 15) is 4.79 Å². The quantitative estimate of drug-likeness (QED) is 0.790. The molecule has 2 N–H and O–H groups in total. The Morgan fingerprint density at radius 3 is 2.81 bits per heavy atom. The van der Waals surface area contributed by atoms with Crippen LogP contribution in [0.25, 0.3) is 0 Å². The topological polar surface area (TPSA) is 55.7 Å². The molecule has 2 heterocycles. The van der Waals surface area contributed by atoms with Gasteiger partial charge in [-0.1, -0.05) is 23.2 Å². The number of thiazole rings is 1. The van der Waals surface area contributed by atoms with Crippen molar-refractivity contribution < 1.29 is 14.4 Å². The highest BCUT2D eigenvalue weighted by Crippen LogP contribution is 2.26. The van der Waals surface area contributed by atoms with Gasteiger partial charge in [0.15, 0.2) is 11.7 Å². The van der Waals surface area contributed by atoms with Gasteiger partial charge in [0, 0.05) is 27.5 Å². The molecule has 26 heavy (non-hydrogen) atoms. The molecule has 140 valence electrons. The first kappa shape index (κ1) is 19.6. The SMILES string of the molecule is C[C@H]1C[NH+](CC(=O)Nc2ncc(Cc3cc(Cl)ccc3Cl)s2)C[C@H](C)O1. The fraction of sp³-hybridized carbons (Fsp3) is 0.444. The Morgan fingerprint density at radius 1 is 1.35 bits per heavy atom. The predicted octanol–water partition coefficient (Wildman–Crippen LogP) is 2.67. The molecule has 5 nitrogen and oxygen atoms in total. The van der Waals surface area contributed by atoms with E-state index in [4.69, 9.17) is 27.9 Å². The maximum atomic E-state index is 12.3. The van der Waals surface area contributed by atoms with Crippen LogP contribution in [0.2, 0.25) is 10.0 Å². The molecule has 8 heteroatoms. The van der Waals surface area contributed by atoms with Gasteiger partial charge in [0.05, 0.1) is 0 Å². The van der Waals surface area contributed by atoms with E-state index in [1.54, 1.807) is 18.3 Å². The van der Waals surface area contributed by atoms with Crippen molar-refractivity contribution in [3.05, 3.63) is 44.9 Å². The van der Waals surface area contributed by atoms with Crippen LogP contribution in [0.15, 0.2) is 24.4 Å². The summed E-state index contributed by atoms with van der Waals surface area (Å²) in [6.07, 6.45) is 2.76. The summed E-state index contributed by atoms with van der Waals surface area (Å²) < 4.78 is 5.71. The summed E-state index contributed by atoms with van der Waals surface area (Å²) in [5.41, 5.74) is 0.946. The van der Waals surface area contributed by atoms with Gasteiger partial charge in [0.2, 0.25) is 0 Å². The van der Waals surface area contributed by atoms with Crippen molar-refractivity contribution in [1.82, 2.24) is 4.98 Å². The summed E-state index contributed by atoms with van der Waals surface area (Å²) in [5.74, 6) is -0.0250. The fourth-order valence-corrected chi connectivity index (χ4v) is 4.47. The van der Waals surface area contributed by atoms with Crippen LogP contribution in [0, 0.1) is 0 Å². The van der Waals surface area contributed by atoms with Crippen LogP contribution in [0.3, 0.4) is 0 Å². The summed E-state index contributed by atoms with van der Waals surface area (Å²) in [4.78, 5) is 18.9. The summed E-state index contributed by atoms with van der Waals surface area (Å²) >= 11 is 13.7. The number of anilines is 1. The minimum absolute atomic E-state index is 0.0250. The van der Waals surface area contributed by atoms with Crippen LogP contribution < -0.4 is 10.2 Å². The Kier molecular flexibility index (Phi) is 6.53. The van der Waals surface area contributed by atoms with Crippen LogP contribution in [0.1, 0.15) is 24.3 Å². The van der Waals surface area contributed by atoms with E-state index in [0.29, 0.717) is 28.1 Å². The zero-order chi connectivity index (χ0) is 18.7. The highest BCUT2D eigenvalue weighted by molar-refractivity contribution is 7.15. The molecule has 2 atom stereocenters. The number of benzene rings is 1. The molecule has 0 saturated carbocycles. The van der Waals surface area contributed by atoms with E-state index in [2.05, 4.69) is 10.3 Å². The molecule has 0 spiro atoms. The Bertz CT molecular complexity index is 774. The molecule has 0 aliphatic carbocycles. The van der Waals surface area contributed by atoms with Gasteiger partial charge >= 0.3 is 0 Å². The number of nitrogens with zero attached hydrogens (tertiary/aromatic N) is 1. The number of carbonyl (C=O) groups is 1. The molecule has 3 rings (SSSR count). The number of rotatable bonds is 5. The lowest BCUT2D eigenvalue weighted by Crippen LogP contribution is -3.16. The lowest BCUT2D eigenvalue weighted by molar-refractivity contribution is -0.907. The van der Waals surface area contributed by atoms with Gasteiger partial charge in [-0.3, -0.25) is 10.1 Å². The molecule has 0 radical (unpaired) electrons. The van der Waals surface area contributed by atoms with Crippen LogP contribution in [0.4, 0.5) is 5.13 Å². The van der Waals surface area contributed by atoms with Crippen molar-refractivity contribution in [2.24, 2.45) is 0 Å². The van der Waals surface area contributed by atoms with Crippen molar-refractivity contribution >= 4 is 45.6 Å². The smallest absolute Gasteiger partial charge is 0.281 e. The third kappa shape index (κ3) is 5.41. The molecule has 1 saturated heterocycles. The maximum absolute atomic E-state index is 12.3. The van der Waals surface area contributed by atoms with Gasteiger partial charge in [-0.05, 0) is 37.6 Å². The molecule has 1 amide bonds. The third-order valence-corrected chi connectivity index (χ3v) is 5.72. The summed E-state index contributed by atoms with van der Waals surface area (Å²) in [6.45, 7) is 6.19. The lowest BCUT2D eigenvalue weighted by atomic mass is 10.1. The van der Waals surface area contributed by atoms with Crippen molar-refractivity contribution in [3.8, 4) is 0 Å². The summed E-state index contributed by atoms with van der Waals surface area (Å²) in [6, 6.07) is 5.41. The van der Waals surface area contributed by atoms with Crippen molar-refractivity contribution in [2.45, 2.75) is 32.5 Å². The molecule has 2 aromatic rings. The van der Waals surface area contributed by atoms with E-state index < -0.39 is 0 Å². The Balaban J connectivity index is 1.56. The van der Waals surface area contributed by atoms with Gasteiger partial charge < -0.3 is 9.64 Å². The first-order valence-corrected chi connectivity index (χ1v) is 10.1. The largest absolute Gasteiger partial charge is 0.364 e. The second-order valence-corrected chi connectivity index (χ2v) is 8.64. The zero-order valence-corrected chi connectivity index (χ0v) is 17.0. The standard InChI is InChI=1S/C18H21Cl2N3O2S/c1-11-8-23(9-12(2)25-11)10-17(24)22-18-21-7-15(26-18)6-13-5-14(19)3-4-16(13)20/h3-5,7,11-12H,6,8-10H2,1-2H3,(H,21,22,24)/p+1/t11-,12-/m0/s1. The highest BCUT2D eigenvalue weighted by atomic mass is 35.5. The Morgan fingerprint density at radius 2 is 2.08 bits per heavy atom. The minimum atomic E-state index is -0.0250. The number of ether oxygens (including phenoxy) is 1. The predicted molar refractivity (Wildman–Crippen MR) is 106 cm³/mol. The normalized spacial score (nSPS) is 23.0. The molecule has 0 bridgehead atoms. The van der Waals surface area contributed by atoms with Crippen LogP contribution in [-0.2, 0) is 16.0 Å². The maximum Gasteiger partial charge on any atom is 0.281 e. The zero-order valence-electron chi connectivity index (χ0n) is 14.7. The van der Waals surface area contributed by atoms with Crippen molar-refractivity contribution in [3.63, 3.8) is 0 Å². The number of aromatic nitrogens is 1. The summed E-state index contributed by atoms with van der Waals surface area (Å²) in [5, 5.41) is 4.83. The minimum Gasteiger partial charge on any atom is -0.364 e. The van der Waals surface area contributed by atoms with Crippen molar-refractivity contribution in [1.29, 1.82) is 0 Å². The number of carbonyl (C=O) groups excluding carboxylic acids is 1. The monoisotopic (exact) mass is 414 g/mol. The molecular formula is C18H22Cl2N3O2S+. The molecule has 1 aromatic heterocycles. The number of hydrogen-bond donors (Lipinski definition) is 2. The van der Waals surface area contributed by atoms with Gasteiger partial charge in [-0.15, -0.1) is 11.3 Å². The van der Waals surface area contributed by atoms with E-state index in [1.807, 2.05) is 19.9 Å². The van der Waals surface area contributed by atoms with Crippen LogP contribution in [0.5, 0.6) is 0 Å². The third-order valence-electron chi connectivity index (χ3n) is 4.20. The van der Waals surface area contributed by atoms with Gasteiger partial charge in [0.25, 0.3) is 5.91 Å². The second-order valence-electron chi connectivity index (χ2n) is 6.68. The fourth-order valence-electron chi connectivity index (χ4n) is 3.24. The van der Waals surface area contributed by atoms with E-state index >= 15 is 0 Å². The van der Waals surface area contributed by atoms with Gasteiger partial charge in [-0.2, -0.15) is 0 Å². The highest BCUT2D eigenvalue weighted by Gasteiger charge is 2.27.